The van der Waals surface area contributed by atoms with Crippen LogP contribution in [-0.4, -0.2) is 31.0 Å². The van der Waals surface area contributed by atoms with E-state index in [1.807, 2.05) is 0 Å². The van der Waals surface area contributed by atoms with Crippen LogP contribution in [0.5, 0.6) is 0 Å². The van der Waals surface area contributed by atoms with E-state index in [0.717, 1.165) is 12.8 Å². The zero-order valence-electron chi connectivity index (χ0n) is 16.3. The molecule has 0 aromatic rings. The van der Waals surface area contributed by atoms with E-state index in [1.165, 1.54) is 32.1 Å². The average Bonchev–Trinajstić information content (AvgIpc) is 2.63. The summed E-state index contributed by atoms with van der Waals surface area (Å²) < 4.78 is 83.3. The van der Waals surface area contributed by atoms with Gasteiger partial charge < -0.3 is 0 Å². The summed E-state index contributed by atoms with van der Waals surface area (Å²) in [5, 5.41) is 0. The minimum atomic E-state index is -5.04. The van der Waals surface area contributed by atoms with Crippen LogP contribution < -0.4 is 0 Å². The molecule has 1 nitrogen and oxygen atoms in total. The van der Waals surface area contributed by atoms with Gasteiger partial charge in [0, 0.05) is 0 Å². The van der Waals surface area contributed by atoms with Crippen LogP contribution in [0.1, 0.15) is 77.0 Å². The van der Waals surface area contributed by atoms with Gasteiger partial charge >= 0.3 is 6.36 Å². The van der Waals surface area contributed by atoms with Gasteiger partial charge in [-0.05, 0) is 68.6 Å². The van der Waals surface area contributed by atoms with E-state index in [4.69, 9.17) is 0 Å². The summed E-state index contributed by atoms with van der Waals surface area (Å²) in [6.45, 7) is 0. The molecule has 7 heteroatoms. The predicted octanol–water partition coefficient (Wildman–Crippen LogP) is 7.09. The number of hydrogen-bond acceptors (Lipinski definition) is 1. The van der Waals surface area contributed by atoms with Gasteiger partial charge in [-0.3, -0.25) is 4.74 Å². The Morgan fingerprint density at radius 3 is 1.89 bits per heavy atom. The fraction of sp³-hybridized carbons (Fsp3) is 1.00. The summed E-state index contributed by atoms with van der Waals surface area (Å²) in [5.74, 6) is 0.685. The largest absolute Gasteiger partial charge is 0.522 e. The Bertz CT molecular complexity index is 466. The molecule has 0 heterocycles. The third kappa shape index (κ3) is 6.02. The topological polar surface area (TPSA) is 9.23 Å². The van der Waals surface area contributed by atoms with E-state index in [-0.39, 0.29) is 24.7 Å². The van der Waals surface area contributed by atoms with Crippen LogP contribution in [0.3, 0.4) is 0 Å². The summed E-state index contributed by atoms with van der Waals surface area (Å²) in [4.78, 5) is 0. The molecule has 3 saturated carbocycles. The molecule has 0 radical (unpaired) electrons. The van der Waals surface area contributed by atoms with Crippen molar-refractivity contribution in [3.63, 3.8) is 0 Å². The van der Waals surface area contributed by atoms with Crippen molar-refractivity contribution in [3.05, 3.63) is 0 Å². The third-order valence-corrected chi connectivity index (χ3v) is 7.31. The molecule has 28 heavy (non-hydrogen) atoms. The summed E-state index contributed by atoms with van der Waals surface area (Å²) >= 11 is 0. The molecule has 0 saturated heterocycles. The highest BCUT2D eigenvalue weighted by molar-refractivity contribution is 4.90. The minimum Gasteiger partial charge on any atom is -0.282 e. The van der Waals surface area contributed by atoms with Gasteiger partial charge in [-0.25, -0.2) is 13.2 Å². The van der Waals surface area contributed by atoms with Crippen LogP contribution in [0.25, 0.3) is 0 Å². The Hall–Kier alpha value is -0.460. The van der Waals surface area contributed by atoms with Crippen molar-refractivity contribution in [2.24, 2.45) is 23.7 Å². The van der Waals surface area contributed by atoms with Crippen molar-refractivity contribution >= 4 is 0 Å². The molecule has 0 aromatic carbocycles. The smallest absolute Gasteiger partial charge is 0.282 e. The molecule has 3 fully saturated rings. The first-order valence-electron chi connectivity index (χ1n) is 10.9. The highest BCUT2D eigenvalue weighted by Crippen LogP contribution is 2.43. The fourth-order valence-corrected chi connectivity index (χ4v) is 5.78. The monoisotopic (exact) mass is 414 g/mol. The van der Waals surface area contributed by atoms with E-state index < -0.39 is 31.0 Å². The molecule has 5 atom stereocenters. The van der Waals surface area contributed by atoms with Crippen LogP contribution in [0, 0.1) is 23.7 Å². The summed E-state index contributed by atoms with van der Waals surface area (Å²) in [5.41, 5.74) is 0. The van der Waals surface area contributed by atoms with Crippen molar-refractivity contribution in [3.8, 4) is 0 Å². The van der Waals surface area contributed by atoms with Crippen molar-refractivity contribution in [2.45, 2.75) is 108 Å². The number of rotatable bonds is 5. The van der Waals surface area contributed by atoms with Gasteiger partial charge in [-0.2, -0.15) is 0 Å². The zero-order chi connectivity index (χ0) is 20.3. The van der Waals surface area contributed by atoms with Crippen molar-refractivity contribution < 1.29 is 31.1 Å². The van der Waals surface area contributed by atoms with Gasteiger partial charge in [-0.15, -0.1) is 13.2 Å². The average molecular weight is 414 g/mol. The molecule has 3 rings (SSSR count). The molecular weight excluding hydrogens is 382 g/mol. The standard InChI is InChI=1S/C21H32F6O/c22-17-12-16(14-4-2-1-3-5-14)9-8-15(17)7-6-13-10-18(23)20(19(24)11-13)28-21(25,26)27/h13-20H,1-12H2. The molecule has 164 valence electrons. The van der Waals surface area contributed by atoms with Gasteiger partial charge in [-0.1, -0.05) is 32.1 Å². The first-order chi connectivity index (χ1) is 13.2. The van der Waals surface area contributed by atoms with E-state index in [2.05, 4.69) is 4.74 Å². The maximum absolute atomic E-state index is 14.7. The molecule has 5 unspecified atom stereocenters. The van der Waals surface area contributed by atoms with Crippen molar-refractivity contribution in [1.82, 2.24) is 0 Å². The quantitative estimate of drug-likeness (QED) is 0.436. The van der Waals surface area contributed by atoms with Gasteiger partial charge in [0.25, 0.3) is 0 Å². The predicted molar refractivity (Wildman–Crippen MR) is 95.0 cm³/mol. The van der Waals surface area contributed by atoms with Crippen LogP contribution in [-0.2, 0) is 4.74 Å². The SMILES string of the molecule is FC1CC(C2CCCCC2)CCC1CCC1CC(F)C(OC(F)(F)F)C(F)C1. The normalized spacial score (nSPS) is 41.1. The molecule has 0 N–H and O–H groups in total. The van der Waals surface area contributed by atoms with E-state index in [1.54, 1.807) is 0 Å². The number of hydrogen-bond donors (Lipinski definition) is 0. The van der Waals surface area contributed by atoms with Gasteiger partial charge in [0.05, 0.1) is 0 Å². The van der Waals surface area contributed by atoms with Gasteiger partial charge in [0.1, 0.15) is 24.6 Å². The lowest BCUT2D eigenvalue weighted by Crippen LogP contribution is -2.45. The highest BCUT2D eigenvalue weighted by Gasteiger charge is 2.46. The number of alkyl halides is 6. The summed E-state index contributed by atoms with van der Waals surface area (Å²) in [6, 6.07) is 0. The van der Waals surface area contributed by atoms with E-state index in [9.17, 15) is 26.3 Å². The third-order valence-electron chi connectivity index (χ3n) is 7.31. The minimum absolute atomic E-state index is 0.0832. The van der Waals surface area contributed by atoms with E-state index in [0.29, 0.717) is 31.1 Å². The van der Waals surface area contributed by atoms with Gasteiger partial charge in [0.15, 0.2) is 0 Å². The molecule has 0 aromatic heterocycles. The zero-order valence-corrected chi connectivity index (χ0v) is 16.3. The van der Waals surface area contributed by atoms with E-state index >= 15 is 0 Å². The lowest BCUT2D eigenvalue weighted by molar-refractivity contribution is -0.358. The van der Waals surface area contributed by atoms with Crippen LogP contribution in [0.2, 0.25) is 0 Å². The van der Waals surface area contributed by atoms with Crippen molar-refractivity contribution in [2.75, 3.05) is 0 Å². The Balaban J connectivity index is 1.42. The Kier molecular flexibility index (Phi) is 7.60. The second-order valence-corrected chi connectivity index (χ2v) is 9.22. The second kappa shape index (κ2) is 9.57. The van der Waals surface area contributed by atoms with Crippen molar-refractivity contribution in [1.29, 1.82) is 0 Å². The Morgan fingerprint density at radius 2 is 1.32 bits per heavy atom. The Labute approximate surface area is 163 Å². The lowest BCUT2D eigenvalue weighted by atomic mass is 9.69. The molecule has 0 spiro atoms. The second-order valence-electron chi connectivity index (χ2n) is 9.22. The summed E-state index contributed by atoms with van der Waals surface area (Å²) in [6.07, 6.45) is -2.54. The molecule has 3 aliphatic carbocycles. The number of halogens is 6. The number of ether oxygens (including phenoxy) is 1. The molecular formula is C21H32F6O. The maximum atomic E-state index is 14.7. The van der Waals surface area contributed by atoms with Crippen LogP contribution in [0.15, 0.2) is 0 Å². The molecule has 0 amide bonds. The van der Waals surface area contributed by atoms with Crippen LogP contribution in [0.4, 0.5) is 26.3 Å². The van der Waals surface area contributed by atoms with Crippen LogP contribution >= 0.6 is 0 Å². The van der Waals surface area contributed by atoms with Gasteiger partial charge in [0.2, 0.25) is 0 Å². The first-order valence-corrected chi connectivity index (χ1v) is 10.9. The molecule has 3 aliphatic rings. The first kappa shape index (κ1) is 22.2. The highest BCUT2D eigenvalue weighted by atomic mass is 19.4. The maximum Gasteiger partial charge on any atom is 0.522 e. The summed E-state index contributed by atoms with van der Waals surface area (Å²) in [7, 11) is 0. The molecule has 0 bridgehead atoms. The molecule has 0 aliphatic heterocycles. The fourth-order valence-electron chi connectivity index (χ4n) is 5.78. The lowest BCUT2D eigenvalue weighted by Gasteiger charge is -2.39. The Morgan fingerprint density at radius 1 is 0.679 bits per heavy atom.